The molecule has 2 rings (SSSR count). The van der Waals surface area contributed by atoms with Gasteiger partial charge in [-0.3, -0.25) is 25.2 Å². The molecule has 2 aromatic carbocycles. The molecule has 1 unspecified atom stereocenters. The maximum atomic E-state index is 12.8. The Balaban J connectivity index is 1.96. The molecule has 0 saturated carbocycles. The van der Waals surface area contributed by atoms with E-state index in [0.29, 0.717) is 29.6 Å². The van der Waals surface area contributed by atoms with Crippen molar-refractivity contribution in [3.8, 4) is 23.0 Å². The average Bonchev–Trinajstić information content (AvgIpc) is 2.86. The Kier molecular flexibility index (Phi) is 10.2. The number of nitrogens with one attached hydrogen (secondary N) is 3. The predicted octanol–water partition coefficient (Wildman–Crippen LogP) is 2.47. The van der Waals surface area contributed by atoms with Gasteiger partial charge in [-0.15, -0.1) is 0 Å². The molecule has 190 valence electrons. The lowest BCUT2D eigenvalue weighted by Crippen LogP contribution is -2.55. The molecule has 2 atom stereocenters. The summed E-state index contributed by atoms with van der Waals surface area (Å²) in [5.41, 5.74) is 4.96. The fraction of sp³-hybridized carbons (Fsp3) is 0.400. The molecule has 0 spiro atoms. The quantitative estimate of drug-likeness (QED) is 0.416. The number of hydrogen-bond acceptors (Lipinski definition) is 7. The van der Waals surface area contributed by atoms with E-state index in [4.69, 9.17) is 18.9 Å². The SMILES string of the molecule is CCOc1ccc(OC(C)C(=O)NNC(=O)[C@@H](NC(=O)c2cc(OC)cc(OC)c2)C(C)C)cc1. The standard InChI is InChI=1S/C25H33N3O7/c1-7-34-18-8-10-19(11-9-18)35-16(4)23(29)27-28-25(31)22(15(2)3)26-24(30)17-12-20(32-5)14-21(13-17)33-6/h8-16,22H,7H2,1-6H3,(H,26,30)(H,27,29)(H,28,31)/t16?,22-/m0/s1. The molecule has 10 heteroatoms. The molecule has 0 radical (unpaired) electrons. The highest BCUT2D eigenvalue weighted by atomic mass is 16.5. The molecule has 0 aliphatic carbocycles. The van der Waals surface area contributed by atoms with Crippen LogP contribution in [-0.2, 0) is 9.59 Å². The van der Waals surface area contributed by atoms with E-state index in [-0.39, 0.29) is 11.5 Å². The van der Waals surface area contributed by atoms with Gasteiger partial charge in [-0.1, -0.05) is 13.8 Å². The minimum Gasteiger partial charge on any atom is -0.497 e. The van der Waals surface area contributed by atoms with Crippen molar-refractivity contribution in [3.05, 3.63) is 48.0 Å². The van der Waals surface area contributed by atoms with E-state index in [1.54, 1.807) is 51.1 Å². The molecule has 0 aliphatic rings. The van der Waals surface area contributed by atoms with Crippen LogP contribution in [-0.4, -0.2) is 50.7 Å². The normalized spacial score (nSPS) is 12.2. The van der Waals surface area contributed by atoms with Gasteiger partial charge in [-0.2, -0.15) is 0 Å². The van der Waals surface area contributed by atoms with Gasteiger partial charge >= 0.3 is 0 Å². The fourth-order valence-corrected chi connectivity index (χ4v) is 3.04. The number of carbonyl (C=O) groups is 3. The average molecular weight is 488 g/mol. The lowest BCUT2D eigenvalue weighted by Gasteiger charge is -2.23. The van der Waals surface area contributed by atoms with Crippen molar-refractivity contribution in [3.63, 3.8) is 0 Å². The maximum absolute atomic E-state index is 12.8. The highest BCUT2D eigenvalue weighted by molar-refractivity contribution is 5.98. The third-order valence-corrected chi connectivity index (χ3v) is 4.98. The van der Waals surface area contributed by atoms with Crippen LogP contribution in [0.3, 0.4) is 0 Å². The molecule has 2 aromatic rings. The minimum absolute atomic E-state index is 0.263. The Morgan fingerprint density at radius 3 is 1.86 bits per heavy atom. The first-order chi connectivity index (χ1) is 16.7. The fourth-order valence-electron chi connectivity index (χ4n) is 3.04. The number of methoxy groups -OCH3 is 2. The molecular formula is C25H33N3O7. The van der Waals surface area contributed by atoms with Gasteiger partial charge in [-0.05, 0) is 56.2 Å². The second kappa shape index (κ2) is 13.1. The van der Waals surface area contributed by atoms with Crippen LogP contribution in [0, 0.1) is 5.92 Å². The summed E-state index contributed by atoms with van der Waals surface area (Å²) in [4.78, 5) is 37.9. The van der Waals surface area contributed by atoms with Gasteiger partial charge < -0.3 is 24.3 Å². The number of rotatable bonds is 11. The largest absolute Gasteiger partial charge is 0.497 e. The van der Waals surface area contributed by atoms with Crippen LogP contribution in [0.15, 0.2) is 42.5 Å². The Labute approximate surface area is 205 Å². The monoisotopic (exact) mass is 487 g/mol. The summed E-state index contributed by atoms with van der Waals surface area (Å²) in [7, 11) is 2.95. The zero-order valence-corrected chi connectivity index (χ0v) is 20.8. The predicted molar refractivity (Wildman–Crippen MR) is 130 cm³/mol. The van der Waals surface area contributed by atoms with E-state index in [0.717, 1.165) is 0 Å². The summed E-state index contributed by atoms with van der Waals surface area (Å²) in [6, 6.07) is 10.6. The van der Waals surface area contributed by atoms with Crippen molar-refractivity contribution in [2.75, 3.05) is 20.8 Å². The second-order valence-electron chi connectivity index (χ2n) is 7.94. The number of carbonyl (C=O) groups excluding carboxylic acids is 3. The van der Waals surface area contributed by atoms with Crippen LogP contribution in [0.4, 0.5) is 0 Å². The molecule has 0 heterocycles. The third-order valence-electron chi connectivity index (χ3n) is 4.98. The van der Waals surface area contributed by atoms with Gasteiger partial charge in [0.25, 0.3) is 17.7 Å². The van der Waals surface area contributed by atoms with E-state index in [9.17, 15) is 14.4 Å². The van der Waals surface area contributed by atoms with Crippen molar-refractivity contribution in [1.29, 1.82) is 0 Å². The molecule has 0 aromatic heterocycles. The van der Waals surface area contributed by atoms with E-state index < -0.39 is 29.9 Å². The minimum atomic E-state index is -0.915. The second-order valence-corrected chi connectivity index (χ2v) is 7.94. The van der Waals surface area contributed by atoms with Gasteiger partial charge in [0.1, 0.15) is 29.0 Å². The summed E-state index contributed by atoms with van der Waals surface area (Å²) in [6.45, 7) is 7.53. The first-order valence-corrected chi connectivity index (χ1v) is 11.2. The summed E-state index contributed by atoms with van der Waals surface area (Å²) in [5, 5.41) is 2.69. The maximum Gasteiger partial charge on any atom is 0.279 e. The van der Waals surface area contributed by atoms with Gasteiger partial charge in [0.2, 0.25) is 0 Å². The molecule has 0 bridgehead atoms. The van der Waals surface area contributed by atoms with E-state index >= 15 is 0 Å². The van der Waals surface area contributed by atoms with E-state index in [1.165, 1.54) is 26.4 Å². The number of ether oxygens (including phenoxy) is 4. The first kappa shape index (κ1) is 27.3. The van der Waals surface area contributed by atoms with Crippen molar-refractivity contribution in [2.24, 2.45) is 5.92 Å². The van der Waals surface area contributed by atoms with Crippen LogP contribution in [0.2, 0.25) is 0 Å². The van der Waals surface area contributed by atoms with Crippen molar-refractivity contribution >= 4 is 17.7 Å². The third kappa shape index (κ3) is 8.09. The first-order valence-electron chi connectivity index (χ1n) is 11.2. The summed E-state index contributed by atoms with van der Waals surface area (Å²) in [5.74, 6) is 0.156. The van der Waals surface area contributed by atoms with Crippen LogP contribution in [0.5, 0.6) is 23.0 Å². The Morgan fingerprint density at radius 2 is 1.34 bits per heavy atom. The molecule has 35 heavy (non-hydrogen) atoms. The molecular weight excluding hydrogens is 454 g/mol. The Hall–Kier alpha value is -3.95. The zero-order chi connectivity index (χ0) is 26.0. The van der Waals surface area contributed by atoms with E-state index in [2.05, 4.69) is 16.2 Å². The van der Waals surface area contributed by atoms with Crippen molar-refractivity contribution in [2.45, 2.75) is 39.8 Å². The molecule has 0 saturated heterocycles. The van der Waals surface area contributed by atoms with Gasteiger partial charge in [0.05, 0.1) is 20.8 Å². The van der Waals surface area contributed by atoms with Crippen molar-refractivity contribution < 1.29 is 33.3 Å². The summed E-state index contributed by atoms with van der Waals surface area (Å²) in [6.07, 6.45) is -0.885. The van der Waals surface area contributed by atoms with Crippen LogP contribution < -0.4 is 35.1 Å². The van der Waals surface area contributed by atoms with Crippen molar-refractivity contribution in [1.82, 2.24) is 16.2 Å². The lowest BCUT2D eigenvalue weighted by molar-refractivity contribution is -0.133. The molecule has 10 nitrogen and oxygen atoms in total. The highest BCUT2D eigenvalue weighted by Crippen LogP contribution is 2.23. The number of amides is 3. The Bertz CT molecular complexity index is 986. The number of hydrogen-bond donors (Lipinski definition) is 3. The lowest BCUT2D eigenvalue weighted by atomic mass is 10.0. The van der Waals surface area contributed by atoms with Gasteiger partial charge in [0, 0.05) is 11.6 Å². The number of hydrazine groups is 1. The van der Waals surface area contributed by atoms with Crippen LogP contribution >= 0.6 is 0 Å². The molecule has 0 fully saturated rings. The highest BCUT2D eigenvalue weighted by Gasteiger charge is 2.26. The molecule has 3 N–H and O–H groups in total. The topological polar surface area (TPSA) is 124 Å². The number of benzene rings is 2. The Morgan fingerprint density at radius 1 is 0.800 bits per heavy atom. The summed E-state index contributed by atoms with van der Waals surface area (Å²) < 4.78 is 21.4. The van der Waals surface area contributed by atoms with Gasteiger partial charge in [0.15, 0.2) is 6.10 Å². The zero-order valence-electron chi connectivity index (χ0n) is 20.8. The van der Waals surface area contributed by atoms with Crippen LogP contribution in [0.25, 0.3) is 0 Å². The van der Waals surface area contributed by atoms with E-state index in [1.807, 2.05) is 6.92 Å². The van der Waals surface area contributed by atoms with Gasteiger partial charge in [-0.25, -0.2) is 0 Å². The summed E-state index contributed by atoms with van der Waals surface area (Å²) >= 11 is 0. The van der Waals surface area contributed by atoms with Crippen LogP contribution in [0.1, 0.15) is 38.1 Å². The molecule has 0 aliphatic heterocycles. The molecule has 3 amide bonds. The smallest absolute Gasteiger partial charge is 0.279 e.